The number of nitrogens with zero attached hydrogens (tertiary/aromatic N) is 1. The van der Waals surface area contributed by atoms with Crippen LogP contribution in [-0.2, 0) is 0 Å². The van der Waals surface area contributed by atoms with Crippen LogP contribution in [0.5, 0.6) is 0 Å². The minimum Gasteiger partial charge on any atom is -0.456 e. The predicted molar refractivity (Wildman–Crippen MR) is 194 cm³/mol. The molecule has 2 nitrogen and oxygen atoms in total. The molecule has 0 aliphatic rings. The quantitative estimate of drug-likeness (QED) is 0.185. The first kappa shape index (κ1) is 27.3. The van der Waals surface area contributed by atoms with E-state index in [1.165, 1.54) is 38.6 Å². The molecule has 0 radical (unpaired) electrons. The second-order valence-electron chi connectivity index (χ2n) is 12.9. The summed E-state index contributed by atoms with van der Waals surface area (Å²) >= 11 is 0. The van der Waals surface area contributed by atoms with Crippen LogP contribution in [0.3, 0.4) is 0 Å². The maximum absolute atomic E-state index is 6.01. The smallest absolute Gasteiger partial charge is 0.135 e. The highest BCUT2D eigenvalue weighted by molar-refractivity contribution is 6.88. The SMILES string of the molecule is C[Si](C)(C)c1ccc(-c2ccc(-c3ccc4cc(-c5ccc(-c6ccc7oc8ccccc8c7c6)cc5)cnc4c3)cc2)cc1. The standard InChI is InChI=1S/C42H33NOSi/c1-45(2,3)37-21-18-29(19-22-37)28-8-10-31(11-9-28)34-16-17-35-24-36(27-43-40(35)26-34)32-14-12-30(13-15-32)33-20-23-42-39(25-33)38-6-4-5-7-41(38)44-42/h4-27H,1-3H3. The lowest BCUT2D eigenvalue weighted by Crippen LogP contribution is -2.37. The van der Waals surface area contributed by atoms with Crippen LogP contribution in [0, 0.1) is 0 Å². The second-order valence-corrected chi connectivity index (χ2v) is 18.0. The number of pyridine rings is 1. The van der Waals surface area contributed by atoms with E-state index in [-0.39, 0.29) is 0 Å². The number of aromatic nitrogens is 1. The summed E-state index contributed by atoms with van der Waals surface area (Å²) in [4.78, 5) is 4.87. The number of fused-ring (bicyclic) bond motifs is 4. The zero-order chi connectivity index (χ0) is 30.5. The van der Waals surface area contributed by atoms with Crippen LogP contribution in [0.4, 0.5) is 0 Å². The van der Waals surface area contributed by atoms with E-state index in [4.69, 9.17) is 9.40 Å². The molecule has 0 aliphatic carbocycles. The summed E-state index contributed by atoms with van der Waals surface area (Å²) < 4.78 is 6.01. The predicted octanol–water partition coefficient (Wildman–Crippen LogP) is 11.3. The van der Waals surface area contributed by atoms with Gasteiger partial charge in [0.05, 0.1) is 13.6 Å². The van der Waals surface area contributed by atoms with Gasteiger partial charge < -0.3 is 4.42 Å². The third-order valence-corrected chi connectivity index (χ3v) is 11.0. The number of benzene rings is 6. The fraction of sp³-hybridized carbons (Fsp3) is 0.0714. The van der Waals surface area contributed by atoms with Gasteiger partial charge in [0, 0.05) is 27.9 Å². The Labute approximate surface area is 264 Å². The van der Waals surface area contributed by atoms with Crippen molar-refractivity contribution in [1.29, 1.82) is 0 Å². The molecule has 0 aliphatic heterocycles. The molecule has 0 atom stereocenters. The number of hydrogen-bond donors (Lipinski definition) is 0. The minimum atomic E-state index is -1.29. The van der Waals surface area contributed by atoms with Crippen molar-refractivity contribution < 1.29 is 4.42 Å². The molecule has 45 heavy (non-hydrogen) atoms. The van der Waals surface area contributed by atoms with Gasteiger partial charge in [0.25, 0.3) is 0 Å². The van der Waals surface area contributed by atoms with Gasteiger partial charge in [-0.25, -0.2) is 0 Å². The Morgan fingerprint density at radius 3 is 1.62 bits per heavy atom. The lowest BCUT2D eigenvalue weighted by atomic mass is 9.98. The van der Waals surface area contributed by atoms with Crippen LogP contribution in [-0.4, -0.2) is 13.1 Å². The van der Waals surface area contributed by atoms with Crippen LogP contribution in [0.25, 0.3) is 77.3 Å². The van der Waals surface area contributed by atoms with Gasteiger partial charge >= 0.3 is 0 Å². The van der Waals surface area contributed by atoms with E-state index in [0.29, 0.717) is 0 Å². The highest BCUT2D eigenvalue weighted by atomic mass is 28.3. The van der Waals surface area contributed by atoms with Crippen molar-refractivity contribution >= 4 is 46.1 Å². The van der Waals surface area contributed by atoms with Crippen molar-refractivity contribution in [2.75, 3.05) is 0 Å². The van der Waals surface area contributed by atoms with Crippen molar-refractivity contribution in [1.82, 2.24) is 4.98 Å². The molecule has 0 N–H and O–H groups in total. The molecular weight excluding hydrogens is 563 g/mol. The molecular formula is C42H33NOSi. The zero-order valence-electron chi connectivity index (χ0n) is 25.7. The molecule has 0 fully saturated rings. The molecule has 216 valence electrons. The number of para-hydroxylation sites is 1. The Hall–Kier alpha value is -5.25. The van der Waals surface area contributed by atoms with Gasteiger partial charge in [-0.1, -0.05) is 134 Å². The second kappa shape index (κ2) is 10.7. The Morgan fingerprint density at radius 2 is 0.956 bits per heavy atom. The molecule has 0 spiro atoms. The summed E-state index contributed by atoms with van der Waals surface area (Å²) in [6, 6.07) is 50.2. The largest absolute Gasteiger partial charge is 0.456 e. The van der Waals surface area contributed by atoms with E-state index in [1.807, 2.05) is 18.3 Å². The number of rotatable bonds is 5. The molecule has 0 saturated carbocycles. The topological polar surface area (TPSA) is 26.0 Å². The van der Waals surface area contributed by atoms with Crippen LogP contribution >= 0.6 is 0 Å². The maximum atomic E-state index is 6.01. The van der Waals surface area contributed by atoms with Crippen molar-refractivity contribution in [2.45, 2.75) is 19.6 Å². The lowest BCUT2D eigenvalue weighted by molar-refractivity contribution is 0.669. The van der Waals surface area contributed by atoms with E-state index in [2.05, 4.69) is 147 Å². The van der Waals surface area contributed by atoms with Gasteiger partial charge in [0.2, 0.25) is 0 Å². The normalized spacial score (nSPS) is 11.9. The summed E-state index contributed by atoms with van der Waals surface area (Å²) in [5.74, 6) is 0. The molecule has 3 heteroatoms. The highest BCUT2D eigenvalue weighted by Crippen LogP contribution is 2.34. The first-order chi connectivity index (χ1) is 21.9. The van der Waals surface area contributed by atoms with E-state index in [9.17, 15) is 0 Å². The van der Waals surface area contributed by atoms with Gasteiger partial charge in [0.15, 0.2) is 0 Å². The van der Waals surface area contributed by atoms with Crippen LogP contribution in [0.15, 0.2) is 150 Å². The molecule has 6 aromatic carbocycles. The van der Waals surface area contributed by atoms with Gasteiger partial charge in [-0.15, -0.1) is 0 Å². The molecule has 2 aromatic heterocycles. The zero-order valence-corrected chi connectivity index (χ0v) is 26.7. The molecule has 8 aromatic rings. The molecule has 2 heterocycles. The first-order valence-corrected chi connectivity index (χ1v) is 19.0. The van der Waals surface area contributed by atoms with Crippen molar-refractivity contribution in [3.63, 3.8) is 0 Å². The Kier molecular flexibility index (Phi) is 6.51. The summed E-state index contributed by atoms with van der Waals surface area (Å²) in [6.07, 6.45) is 1.98. The Morgan fingerprint density at radius 1 is 0.444 bits per heavy atom. The van der Waals surface area contributed by atoms with Crippen molar-refractivity contribution in [2.24, 2.45) is 0 Å². The van der Waals surface area contributed by atoms with Gasteiger partial charge in [-0.05, 0) is 69.3 Å². The molecule has 0 unspecified atom stereocenters. The van der Waals surface area contributed by atoms with E-state index in [0.717, 1.165) is 44.0 Å². The van der Waals surface area contributed by atoms with Crippen molar-refractivity contribution in [3.8, 4) is 44.5 Å². The average molecular weight is 596 g/mol. The molecule has 0 amide bonds. The maximum Gasteiger partial charge on any atom is 0.135 e. The first-order valence-electron chi connectivity index (χ1n) is 15.5. The van der Waals surface area contributed by atoms with Crippen LogP contribution in [0.1, 0.15) is 0 Å². The highest BCUT2D eigenvalue weighted by Gasteiger charge is 2.16. The summed E-state index contributed by atoms with van der Waals surface area (Å²) in [5, 5.41) is 4.92. The fourth-order valence-electron chi connectivity index (χ4n) is 6.24. The number of furan rings is 1. The van der Waals surface area contributed by atoms with Gasteiger partial charge in [0.1, 0.15) is 11.2 Å². The summed E-state index contributed by atoms with van der Waals surface area (Å²) in [6.45, 7) is 7.16. The molecule has 0 saturated heterocycles. The summed E-state index contributed by atoms with van der Waals surface area (Å²) in [7, 11) is -1.29. The Balaban J connectivity index is 1.02. The Bertz CT molecular complexity index is 2320. The average Bonchev–Trinajstić information content (AvgIpc) is 3.46. The van der Waals surface area contributed by atoms with Crippen LogP contribution < -0.4 is 5.19 Å². The van der Waals surface area contributed by atoms with Gasteiger partial charge in [-0.2, -0.15) is 0 Å². The van der Waals surface area contributed by atoms with Crippen LogP contribution in [0.2, 0.25) is 19.6 Å². The molecule has 8 rings (SSSR count). The number of hydrogen-bond acceptors (Lipinski definition) is 2. The minimum absolute atomic E-state index is 0.919. The lowest BCUT2D eigenvalue weighted by Gasteiger charge is -2.16. The molecule has 0 bridgehead atoms. The third kappa shape index (κ3) is 5.15. The van der Waals surface area contributed by atoms with Gasteiger partial charge in [-0.3, -0.25) is 4.98 Å². The van der Waals surface area contributed by atoms with E-state index in [1.54, 1.807) is 0 Å². The fourth-order valence-corrected chi connectivity index (χ4v) is 7.40. The summed E-state index contributed by atoms with van der Waals surface area (Å²) in [5.41, 5.74) is 12.3. The van der Waals surface area contributed by atoms with E-state index < -0.39 is 8.07 Å². The van der Waals surface area contributed by atoms with E-state index >= 15 is 0 Å². The van der Waals surface area contributed by atoms with Crippen molar-refractivity contribution in [3.05, 3.63) is 146 Å². The monoisotopic (exact) mass is 595 g/mol. The third-order valence-electron chi connectivity index (χ3n) is 8.91.